The van der Waals surface area contributed by atoms with Gasteiger partial charge < -0.3 is 4.74 Å². The molecule has 0 radical (unpaired) electrons. The smallest absolute Gasteiger partial charge is 0.0497 e. The van der Waals surface area contributed by atoms with Crippen molar-refractivity contribution in [1.82, 2.24) is 10.4 Å². The predicted molar refractivity (Wildman–Crippen MR) is 50.8 cm³/mol. The standard InChI is InChI=1S/C9H15N3O/c1-13-6-4-9(12-10)8-3-2-5-11-7-8/h2-3,5,7,9,12H,4,6,10H2,1H3. The van der Waals surface area contributed by atoms with Gasteiger partial charge in [0, 0.05) is 32.2 Å². The highest BCUT2D eigenvalue weighted by molar-refractivity contribution is 5.13. The normalized spacial score (nSPS) is 12.8. The Bertz CT molecular complexity index is 228. The minimum atomic E-state index is 0.119. The average Bonchev–Trinajstić information content (AvgIpc) is 2.21. The van der Waals surface area contributed by atoms with Gasteiger partial charge in [0.05, 0.1) is 0 Å². The average molecular weight is 181 g/mol. The second-order valence-corrected chi connectivity index (χ2v) is 2.79. The molecule has 0 aliphatic heterocycles. The Morgan fingerprint density at radius 3 is 3.08 bits per heavy atom. The van der Waals surface area contributed by atoms with E-state index in [1.165, 1.54) is 0 Å². The zero-order chi connectivity index (χ0) is 9.52. The van der Waals surface area contributed by atoms with Gasteiger partial charge in [-0.25, -0.2) is 0 Å². The van der Waals surface area contributed by atoms with Crippen LogP contribution >= 0.6 is 0 Å². The summed E-state index contributed by atoms with van der Waals surface area (Å²) in [5, 5.41) is 0. The first-order chi connectivity index (χ1) is 6.38. The number of nitrogens with one attached hydrogen (secondary N) is 1. The summed E-state index contributed by atoms with van der Waals surface area (Å²) >= 11 is 0. The molecule has 0 aromatic carbocycles. The lowest BCUT2D eigenvalue weighted by Gasteiger charge is -2.14. The summed E-state index contributed by atoms with van der Waals surface area (Å²) in [5.74, 6) is 5.41. The molecule has 13 heavy (non-hydrogen) atoms. The Labute approximate surface area is 78.1 Å². The molecule has 0 saturated carbocycles. The van der Waals surface area contributed by atoms with Crippen molar-refractivity contribution in [3.05, 3.63) is 30.1 Å². The molecular weight excluding hydrogens is 166 g/mol. The van der Waals surface area contributed by atoms with E-state index in [1.807, 2.05) is 12.1 Å². The van der Waals surface area contributed by atoms with Crippen molar-refractivity contribution in [3.63, 3.8) is 0 Å². The molecule has 4 nitrogen and oxygen atoms in total. The predicted octanol–water partition coefficient (Wildman–Crippen LogP) is 0.622. The largest absolute Gasteiger partial charge is 0.385 e. The van der Waals surface area contributed by atoms with E-state index in [1.54, 1.807) is 19.5 Å². The first-order valence-electron chi connectivity index (χ1n) is 4.23. The maximum absolute atomic E-state index is 5.41. The Hall–Kier alpha value is -0.970. The van der Waals surface area contributed by atoms with Gasteiger partial charge in [0.1, 0.15) is 0 Å². The monoisotopic (exact) mass is 181 g/mol. The highest BCUT2D eigenvalue weighted by Gasteiger charge is 2.08. The number of pyridine rings is 1. The molecule has 0 amide bonds. The van der Waals surface area contributed by atoms with E-state index in [9.17, 15) is 0 Å². The molecule has 0 spiro atoms. The van der Waals surface area contributed by atoms with Gasteiger partial charge in [-0.1, -0.05) is 6.07 Å². The fourth-order valence-corrected chi connectivity index (χ4v) is 1.16. The zero-order valence-electron chi connectivity index (χ0n) is 7.73. The molecule has 1 rings (SSSR count). The molecule has 3 N–H and O–H groups in total. The molecule has 1 heterocycles. The third-order valence-electron chi connectivity index (χ3n) is 1.90. The van der Waals surface area contributed by atoms with Crippen molar-refractivity contribution in [1.29, 1.82) is 0 Å². The molecule has 0 aliphatic rings. The van der Waals surface area contributed by atoms with Gasteiger partial charge in [-0.05, 0) is 18.1 Å². The third-order valence-corrected chi connectivity index (χ3v) is 1.90. The van der Waals surface area contributed by atoms with E-state index in [2.05, 4.69) is 10.4 Å². The van der Waals surface area contributed by atoms with E-state index >= 15 is 0 Å². The molecule has 0 saturated heterocycles. The van der Waals surface area contributed by atoms with Gasteiger partial charge in [-0.3, -0.25) is 16.3 Å². The van der Waals surface area contributed by atoms with Gasteiger partial charge in [-0.2, -0.15) is 0 Å². The summed E-state index contributed by atoms with van der Waals surface area (Å²) < 4.78 is 4.98. The van der Waals surface area contributed by atoms with Crippen LogP contribution in [0.4, 0.5) is 0 Å². The van der Waals surface area contributed by atoms with Gasteiger partial charge in [0.15, 0.2) is 0 Å². The van der Waals surface area contributed by atoms with Crippen molar-refractivity contribution in [2.75, 3.05) is 13.7 Å². The third kappa shape index (κ3) is 3.10. The van der Waals surface area contributed by atoms with Crippen molar-refractivity contribution < 1.29 is 4.74 Å². The van der Waals surface area contributed by atoms with Crippen molar-refractivity contribution in [2.45, 2.75) is 12.5 Å². The summed E-state index contributed by atoms with van der Waals surface area (Å²) in [6.45, 7) is 0.684. The number of methoxy groups -OCH3 is 1. The van der Waals surface area contributed by atoms with Gasteiger partial charge in [-0.15, -0.1) is 0 Å². The van der Waals surface area contributed by atoms with Crippen LogP contribution in [0.25, 0.3) is 0 Å². The quantitative estimate of drug-likeness (QED) is 0.516. The first kappa shape index (κ1) is 10.1. The maximum atomic E-state index is 5.41. The molecule has 72 valence electrons. The van der Waals surface area contributed by atoms with Crippen LogP contribution in [0.1, 0.15) is 18.0 Å². The molecule has 0 bridgehead atoms. The molecule has 1 unspecified atom stereocenters. The van der Waals surface area contributed by atoms with E-state index in [-0.39, 0.29) is 6.04 Å². The second-order valence-electron chi connectivity index (χ2n) is 2.79. The number of hydrogen-bond acceptors (Lipinski definition) is 4. The second kappa shape index (κ2) is 5.64. The Morgan fingerprint density at radius 2 is 2.54 bits per heavy atom. The van der Waals surface area contributed by atoms with Crippen LogP contribution in [0, 0.1) is 0 Å². The molecule has 1 aromatic rings. The highest BCUT2D eigenvalue weighted by atomic mass is 16.5. The molecule has 4 heteroatoms. The van der Waals surface area contributed by atoms with Crippen molar-refractivity contribution in [3.8, 4) is 0 Å². The van der Waals surface area contributed by atoms with E-state index in [0.717, 1.165) is 12.0 Å². The van der Waals surface area contributed by atoms with Gasteiger partial charge in [0.25, 0.3) is 0 Å². The number of nitrogens with zero attached hydrogens (tertiary/aromatic N) is 1. The Kier molecular flexibility index (Phi) is 4.39. The molecule has 0 fully saturated rings. The summed E-state index contributed by atoms with van der Waals surface area (Å²) in [6, 6.07) is 4.01. The van der Waals surface area contributed by atoms with Crippen LogP contribution in [-0.4, -0.2) is 18.7 Å². The van der Waals surface area contributed by atoms with E-state index < -0.39 is 0 Å². The van der Waals surface area contributed by atoms with Gasteiger partial charge >= 0.3 is 0 Å². The number of aromatic nitrogens is 1. The minimum absolute atomic E-state index is 0.119. The number of nitrogens with two attached hydrogens (primary N) is 1. The lowest BCUT2D eigenvalue weighted by atomic mass is 10.1. The topological polar surface area (TPSA) is 60.2 Å². The Morgan fingerprint density at radius 1 is 1.69 bits per heavy atom. The highest BCUT2D eigenvalue weighted by Crippen LogP contribution is 2.13. The minimum Gasteiger partial charge on any atom is -0.385 e. The zero-order valence-corrected chi connectivity index (χ0v) is 7.73. The molecule has 0 aliphatic carbocycles. The van der Waals surface area contributed by atoms with Crippen LogP contribution in [0.3, 0.4) is 0 Å². The molecule has 1 aromatic heterocycles. The van der Waals surface area contributed by atoms with Crippen LogP contribution in [-0.2, 0) is 4.74 Å². The van der Waals surface area contributed by atoms with Crippen molar-refractivity contribution in [2.24, 2.45) is 5.84 Å². The fraction of sp³-hybridized carbons (Fsp3) is 0.444. The van der Waals surface area contributed by atoms with E-state index in [0.29, 0.717) is 6.61 Å². The lowest BCUT2D eigenvalue weighted by molar-refractivity contribution is 0.183. The van der Waals surface area contributed by atoms with Crippen LogP contribution in [0.2, 0.25) is 0 Å². The summed E-state index contributed by atoms with van der Waals surface area (Å²) in [4.78, 5) is 4.03. The van der Waals surface area contributed by atoms with E-state index in [4.69, 9.17) is 10.6 Å². The first-order valence-corrected chi connectivity index (χ1v) is 4.23. The van der Waals surface area contributed by atoms with Crippen molar-refractivity contribution >= 4 is 0 Å². The SMILES string of the molecule is COCCC(NN)c1cccnc1. The molecular formula is C9H15N3O. The summed E-state index contributed by atoms with van der Waals surface area (Å²) in [6.07, 6.45) is 4.40. The van der Waals surface area contributed by atoms with Crippen LogP contribution in [0.5, 0.6) is 0 Å². The number of ether oxygens (including phenoxy) is 1. The summed E-state index contributed by atoms with van der Waals surface area (Å²) in [7, 11) is 1.68. The van der Waals surface area contributed by atoms with Crippen LogP contribution in [0.15, 0.2) is 24.5 Å². The lowest BCUT2D eigenvalue weighted by Crippen LogP contribution is -2.28. The van der Waals surface area contributed by atoms with Crippen LogP contribution < -0.4 is 11.3 Å². The number of rotatable bonds is 5. The Balaban J connectivity index is 2.56. The fourth-order valence-electron chi connectivity index (χ4n) is 1.16. The van der Waals surface area contributed by atoms with Gasteiger partial charge in [0.2, 0.25) is 0 Å². The molecule has 1 atom stereocenters. The number of hydrazine groups is 1. The maximum Gasteiger partial charge on any atom is 0.0497 e. The number of hydrogen-bond donors (Lipinski definition) is 2. The summed E-state index contributed by atoms with van der Waals surface area (Å²) in [5.41, 5.74) is 3.82.